The summed E-state index contributed by atoms with van der Waals surface area (Å²) < 4.78 is 27.6. The van der Waals surface area contributed by atoms with Crippen LogP contribution in [0.4, 0.5) is 4.39 Å². The highest BCUT2D eigenvalue weighted by atomic mass is 19.1. The Balaban J connectivity index is 1.34. The van der Waals surface area contributed by atoms with E-state index in [1.54, 1.807) is 19.5 Å². The molecule has 3 aliphatic rings. The minimum absolute atomic E-state index is 0.311. The van der Waals surface area contributed by atoms with Crippen LogP contribution in [-0.2, 0) is 10.6 Å². The summed E-state index contributed by atoms with van der Waals surface area (Å²) in [5, 5.41) is 4.50. The van der Waals surface area contributed by atoms with E-state index >= 15 is 0 Å². The molecule has 0 amide bonds. The van der Waals surface area contributed by atoms with Crippen molar-refractivity contribution in [1.29, 1.82) is 0 Å². The lowest BCUT2D eigenvalue weighted by Crippen LogP contribution is -2.51. The molecule has 0 bridgehead atoms. The Bertz CT molecular complexity index is 1330. The standard InChI is InChI=1S/C26H25FN4O3/c1-17-15-30(16-28-17)22-7-5-18(13-24(22)32-2)12-19-4-3-10-31-25(19)29-34-26(31)9-11-33-23-8-6-20(27)14-21(23)26/h5-8,12-16H,3-4,9-11H2,1-2H3. The number of ether oxygens (including phenoxy) is 2. The lowest BCUT2D eigenvalue weighted by atomic mass is 9.90. The summed E-state index contributed by atoms with van der Waals surface area (Å²) >= 11 is 0. The van der Waals surface area contributed by atoms with Crippen LogP contribution in [0.3, 0.4) is 0 Å². The van der Waals surface area contributed by atoms with E-state index in [2.05, 4.69) is 27.2 Å². The first-order chi connectivity index (χ1) is 16.6. The van der Waals surface area contributed by atoms with Gasteiger partial charge in [-0.05, 0) is 67.3 Å². The zero-order chi connectivity index (χ0) is 23.3. The van der Waals surface area contributed by atoms with Gasteiger partial charge in [0.05, 0.1) is 37.0 Å². The minimum Gasteiger partial charge on any atom is -0.495 e. The van der Waals surface area contributed by atoms with E-state index in [1.807, 2.05) is 29.8 Å². The van der Waals surface area contributed by atoms with Gasteiger partial charge in [-0.1, -0.05) is 11.2 Å². The lowest BCUT2D eigenvalue weighted by molar-refractivity contribution is -0.128. The summed E-state index contributed by atoms with van der Waals surface area (Å²) in [5.41, 5.74) is 3.83. The topological polar surface area (TPSA) is 61.1 Å². The van der Waals surface area contributed by atoms with Gasteiger partial charge in [-0.2, -0.15) is 0 Å². The number of rotatable bonds is 3. The highest BCUT2D eigenvalue weighted by molar-refractivity contribution is 6.03. The van der Waals surface area contributed by atoms with Gasteiger partial charge >= 0.3 is 0 Å². The largest absolute Gasteiger partial charge is 0.495 e. The number of fused-ring (bicyclic) bond motifs is 4. The van der Waals surface area contributed by atoms with Gasteiger partial charge < -0.3 is 23.8 Å². The number of nitrogens with zero attached hydrogens (tertiary/aromatic N) is 4. The lowest BCUT2D eigenvalue weighted by Gasteiger charge is -2.42. The molecule has 4 heterocycles. The zero-order valence-corrected chi connectivity index (χ0v) is 19.1. The van der Waals surface area contributed by atoms with Crippen molar-refractivity contribution in [1.82, 2.24) is 14.5 Å². The summed E-state index contributed by atoms with van der Waals surface area (Å²) in [6, 6.07) is 10.7. The minimum atomic E-state index is -0.828. The number of benzene rings is 2. The Kier molecular flexibility index (Phi) is 4.83. The van der Waals surface area contributed by atoms with Crippen molar-refractivity contribution < 1.29 is 18.7 Å². The van der Waals surface area contributed by atoms with Crippen molar-refractivity contribution in [3.8, 4) is 17.2 Å². The molecular formula is C26H25FN4O3. The molecule has 0 aliphatic carbocycles. The maximum Gasteiger partial charge on any atom is 0.244 e. The second kappa shape index (κ2) is 7.90. The molecule has 1 spiro atoms. The molecular weight excluding hydrogens is 435 g/mol. The molecule has 3 aromatic rings. The fourth-order valence-corrected chi connectivity index (χ4v) is 5.08. The Hall–Kier alpha value is -3.81. The van der Waals surface area contributed by atoms with Gasteiger partial charge in [0.15, 0.2) is 5.84 Å². The van der Waals surface area contributed by atoms with Crippen LogP contribution in [0.15, 0.2) is 59.7 Å². The SMILES string of the molecule is COc1cc(C=C2CCCN3C2=NOC32CCOc3ccc(F)cc32)ccc1-n1cnc(C)c1. The predicted molar refractivity (Wildman–Crippen MR) is 125 cm³/mol. The number of aromatic nitrogens is 2. The van der Waals surface area contributed by atoms with Crippen molar-refractivity contribution in [2.24, 2.45) is 5.16 Å². The molecule has 1 unspecified atom stereocenters. The van der Waals surface area contributed by atoms with Crippen molar-refractivity contribution in [3.63, 3.8) is 0 Å². The second-order valence-corrected chi connectivity index (χ2v) is 8.81. The molecule has 1 atom stereocenters. The average molecular weight is 461 g/mol. The summed E-state index contributed by atoms with van der Waals surface area (Å²) in [4.78, 5) is 12.6. The molecule has 2 aromatic carbocycles. The highest BCUT2D eigenvalue weighted by Crippen LogP contribution is 2.48. The highest BCUT2D eigenvalue weighted by Gasteiger charge is 2.52. The third-order valence-corrected chi connectivity index (χ3v) is 6.69. The first-order valence-electron chi connectivity index (χ1n) is 11.4. The fourth-order valence-electron chi connectivity index (χ4n) is 5.08. The van der Waals surface area contributed by atoms with E-state index in [0.29, 0.717) is 24.3 Å². The number of oxime groups is 1. The van der Waals surface area contributed by atoms with E-state index in [-0.39, 0.29) is 5.82 Å². The van der Waals surface area contributed by atoms with E-state index in [9.17, 15) is 4.39 Å². The van der Waals surface area contributed by atoms with Gasteiger partial charge in [0, 0.05) is 19.2 Å². The Morgan fingerprint density at radius 2 is 2.12 bits per heavy atom. The molecule has 0 saturated carbocycles. The summed E-state index contributed by atoms with van der Waals surface area (Å²) in [6.45, 7) is 3.23. The van der Waals surface area contributed by atoms with E-state index in [1.165, 1.54) is 12.1 Å². The van der Waals surface area contributed by atoms with Crippen molar-refractivity contribution in [3.05, 3.63) is 77.1 Å². The van der Waals surface area contributed by atoms with Crippen LogP contribution in [0.2, 0.25) is 0 Å². The molecule has 7 nitrogen and oxygen atoms in total. The molecule has 3 aliphatic heterocycles. The van der Waals surface area contributed by atoms with Gasteiger partial charge in [0.1, 0.15) is 17.3 Å². The van der Waals surface area contributed by atoms with Crippen LogP contribution < -0.4 is 9.47 Å². The van der Waals surface area contributed by atoms with Gasteiger partial charge in [-0.3, -0.25) is 0 Å². The van der Waals surface area contributed by atoms with Crippen LogP contribution in [0.5, 0.6) is 11.5 Å². The second-order valence-electron chi connectivity index (χ2n) is 8.81. The molecule has 1 aromatic heterocycles. The van der Waals surface area contributed by atoms with E-state index in [0.717, 1.165) is 53.5 Å². The van der Waals surface area contributed by atoms with Crippen molar-refractivity contribution in [2.75, 3.05) is 20.3 Å². The van der Waals surface area contributed by atoms with Crippen LogP contribution in [-0.4, -0.2) is 40.5 Å². The summed E-state index contributed by atoms with van der Waals surface area (Å²) in [5.74, 6) is 1.90. The van der Waals surface area contributed by atoms with Crippen LogP contribution in [0.1, 0.15) is 36.1 Å². The van der Waals surface area contributed by atoms with E-state index < -0.39 is 5.72 Å². The molecule has 0 N–H and O–H groups in total. The quantitative estimate of drug-likeness (QED) is 0.563. The van der Waals surface area contributed by atoms with E-state index in [4.69, 9.17) is 14.3 Å². The summed E-state index contributed by atoms with van der Waals surface area (Å²) in [7, 11) is 1.67. The van der Waals surface area contributed by atoms with Gasteiger partial charge in [0.2, 0.25) is 5.72 Å². The summed E-state index contributed by atoms with van der Waals surface area (Å²) in [6.07, 6.45) is 8.29. The van der Waals surface area contributed by atoms with Crippen LogP contribution in [0, 0.1) is 12.7 Å². The fraction of sp³-hybridized carbons (Fsp3) is 0.308. The van der Waals surface area contributed by atoms with Crippen LogP contribution in [0.25, 0.3) is 11.8 Å². The number of methoxy groups -OCH3 is 1. The Labute approximate surface area is 197 Å². The first kappa shape index (κ1) is 20.8. The number of hydrogen-bond acceptors (Lipinski definition) is 6. The smallest absolute Gasteiger partial charge is 0.244 e. The average Bonchev–Trinajstić information content (AvgIpc) is 3.45. The normalized spacial score (nSPS) is 22.1. The molecule has 174 valence electrons. The number of halogens is 1. The van der Waals surface area contributed by atoms with Gasteiger partial charge in [-0.25, -0.2) is 9.37 Å². The molecule has 0 radical (unpaired) electrons. The van der Waals surface area contributed by atoms with Crippen molar-refractivity contribution in [2.45, 2.75) is 31.9 Å². The number of aryl methyl sites for hydroxylation is 1. The van der Waals surface area contributed by atoms with Gasteiger partial charge in [0.25, 0.3) is 0 Å². The molecule has 8 heteroatoms. The Morgan fingerprint density at radius 1 is 1.21 bits per heavy atom. The van der Waals surface area contributed by atoms with Crippen molar-refractivity contribution >= 4 is 11.9 Å². The third kappa shape index (κ3) is 3.24. The molecule has 34 heavy (non-hydrogen) atoms. The number of piperidine rings is 1. The first-order valence-corrected chi connectivity index (χ1v) is 11.4. The van der Waals surface area contributed by atoms with Crippen LogP contribution >= 0.6 is 0 Å². The number of amidine groups is 1. The molecule has 6 rings (SSSR count). The monoisotopic (exact) mass is 460 g/mol. The van der Waals surface area contributed by atoms with Gasteiger partial charge in [-0.15, -0.1) is 0 Å². The maximum absolute atomic E-state index is 14.2. The molecule has 1 saturated heterocycles. The Morgan fingerprint density at radius 3 is 2.94 bits per heavy atom. The number of imidazole rings is 1. The maximum atomic E-state index is 14.2. The number of hydrogen-bond donors (Lipinski definition) is 0. The zero-order valence-electron chi connectivity index (χ0n) is 19.1. The predicted octanol–water partition coefficient (Wildman–Crippen LogP) is 4.79. The molecule has 1 fully saturated rings. The third-order valence-electron chi connectivity index (χ3n) is 6.69.